The van der Waals surface area contributed by atoms with Crippen molar-refractivity contribution < 1.29 is 9.84 Å². The van der Waals surface area contributed by atoms with E-state index in [1.807, 2.05) is 0 Å². The van der Waals surface area contributed by atoms with Crippen LogP contribution in [0.15, 0.2) is 24.3 Å². The van der Waals surface area contributed by atoms with Gasteiger partial charge in [0, 0.05) is 18.6 Å². The Morgan fingerprint density at radius 2 is 1.76 bits per heavy atom. The molecule has 1 aliphatic heterocycles. The van der Waals surface area contributed by atoms with Crippen LogP contribution in [0.2, 0.25) is 0 Å². The molecular weight excluding hydrogens is 212 g/mol. The molecule has 0 atom stereocenters. The van der Waals surface area contributed by atoms with Crippen molar-refractivity contribution in [2.75, 3.05) is 19.8 Å². The maximum Gasteiger partial charge on any atom is 0.0529 e. The highest BCUT2D eigenvalue weighted by Crippen LogP contribution is 2.34. The van der Waals surface area contributed by atoms with Crippen LogP contribution in [0, 0.1) is 0 Å². The first-order valence-electron chi connectivity index (χ1n) is 6.47. The molecule has 0 saturated carbocycles. The Kier molecular flexibility index (Phi) is 3.85. The average Bonchev–Trinajstić information content (AvgIpc) is 2.39. The van der Waals surface area contributed by atoms with Crippen molar-refractivity contribution >= 4 is 0 Å². The molecule has 1 aromatic rings. The zero-order valence-corrected chi connectivity index (χ0v) is 10.8. The highest BCUT2D eigenvalue weighted by Gasteiger charge is 2.33. The molecule has 0 unspecified atom stereocenters. The van der Waals surface area contributed by atoms with E-state index in [9.17, 15) is 5.11 Å². The van der Waals surface area contributed by atoms with Gasteiger partial charge in [-0.3, -0.25) is 0 Å². The van der Waals surface area contributed by atoms with Crippen molar-refractivity contribution in [2.24, 2.45) is 0 Å². The van der Waals surface area contributed by atoms with Gasteiger partial charge in [0.1, 0.15) is 0 Å². The second kappa shape index (κ2) is 5.19. The SMILES string of the molecule is CC(C)c1ccc(C2(CO)CCOCC2)cc1. The number of hydrogen-bond donors (Lipinski definition) is 1. The van der Waals surface area contributed by atoms with E-state index in [0.717, 1.165) is 26.1 Å². The summed E-state index contributed by atoms with van der Waals surface area (Å²) in [5.41, 5.74) is 2.54. The first-order valence-corrected chi connectivity index (χ1v) is 6.47. The number of aliphatic hydroxyl groups excluding tert-OH is 1. The van der Waals surface area contributed by atoms with Crippen molar-refractivity contribution in [3.8, 4) is 0 Å². The summed E-state index contributed by atoms with van der Waals surface area (Å²) in [6, 6.07) is 8.73. The van der Waals surface area contributed by atoms with Crippen LogP contribution < -0.4 is 0 Å². The summed E-state index contributed by atoms with van der Waals surface area (Å²) in [6.45, 7) is 6.13. The van der Waals surface area contributed by atoms with Gasteiger partial charge in [0.05, 0.1) is 6.61 Å². The molecule has 17 heavy (non-hydrogen) atoms. The zero-order valence-electron chi connectivity index (χ0n) is 10.8. The lowest BCUT2D eigenvalue weighted by molar-refractivity contribution is 0.0253. The Morgan fingerprint density at radius 1 is 1.18 bits per heavy atom. The first-order chi connectivity index (χ1) is 8.18. The lowest BCUT2D eigenvalue weighted by Gasteiger charge is -2.36. The molecule has 0 radical (unpaired) electrons. The van der Waals surface area contributed by atoms with E-state index in [4.69, 9.17) is 4.74 Å². The molecule has 94 valence electrons. The van der Waals surface area contributed by atoms with Crippen LogP contribution in [0.5, 0.6) is 0 Å². The summed E-state index contributed by atoms with van der Waals surface area (Å²) in [5.74, 6) is 0.559. The minimum absolute atomic E-state index is 0.0756. The molecule has 1 aliphatic rings. The number of benzene rings is 1. The van der Waals surface area contributed by atoms with Gasteiger partial charge >= 0.3 is 0 Å². The van der Waals surface area contributed by atoms with Crippen LogP contribution in [-0.4, -0.2) is 24.9 Å². The molecule has 1 saturated heterocycles. The number of ether oxygens (including phenoxy) is 1. The van der Waals surface area contributed by atoms with Gasteiger partial charge in [-0.2, -0.15) is 0 Å². The van der Waals surface area contributed by atoms with Gasteiger partial charge in [-0.15, -0.1) is 0 Å². The van der Waals surface area contributed by atoms with Crippen molar-refractivity contribution in [2.45, 2.75) is 38.0 Å². The predicted molar refractivity (Wildman–Crippen MR) is 69.3 cm³/mol. The molecule has 0 aliphatic carbocycles. The molecule has 2 rings (SSSR count). The monoisotopic (exact) mass is 234 g/mol. The third-order valence-corrected chi connectivity index (χ3v) is 3.94. The second-order valence-electron chi connectivity index (χ2n) is 5.33. The van der Waals surface area contributed by atoms with Gasteiger partial charge in [-0.05, 0) is 29.9 Å². The van der Waals surface area contributed by atoms with Crippen LogP contribution in [0.3, 0.4) is 0 Å². The Hall–Kier alpha value is -0.860. The summed E-state index contributed by atoms with van der Waals surface area (Å²) < 4.78 is 5.40. The summed E-state index contributed by atoms with van der Waals surface area (Å²) in [6.07, 6.45) is 1.84. The zero-order chi connectivity index (χ0) is 12.3. The average molecular weight is 234 g/mol. The van der Waals surface area contributed by atoms with Gasteiger partial charge in [-0.1, -0.05) is 38.1 Å². The van der Waals surface area contributed by atoms with Crippen molar-refractivity contribution in [3.63, 3.8) is 0 Å². The first kappa shape index (κ1) is 12.6. The Labute approximate surface area is 104 Å². The number of hydrogen-bond acceptors (Lipinski definition) is 2. The third-order valence-electron chi connectivity index (χ3n) is 3.94. The van der Waals surface area contributed by atoms with E-state index in [1.54, 1.807) is 0 Å². The summed E-state index contributed by atoms with van der Waals surface area (Å²) >= 11 is 0. The highest BCUT2D eigenvalue weighted by molar-refractivity contribution is 5.31. The van der Waals surface area contributed by atoms with Gasteiger partial charge in [0.2, 0.25) is 0 Å². The highest BCUT2D eigenvalue weighted by atomic mass is 16.5. The quantitative estimate of drug-likeness (QED) is 0.871. The number of rotatable bonds is 3. The second-order valence-corrected chi connectivity index (χ2v) is 5.33. The lowest BCUT2D eigenvalue weighted by atomic mass is 9.74. The van der Waals surface area contributed by atoms with Gasteiger partial charge in [-0.25, -0.2) is 0 Å². The van der Waals surface area contributed by atoms with Gasteiger partial charge in [0.25, 0.3) is 0 Å². The van der Waals surface area contributed by atoms with Crippen LogP contribution in [0.4, 0.5) is 0 Å². The molecule has 1 fully saturated rings. The minimum Gasteiger partial charge on any atom is -0.395 e. The molecule has 0 spiro atoms. The van der Waals surface area contributed by atoms with Crippen molar-refractivity contribution in [1.29, 1.82) is 0 Å². The molecule has 1 N–H and O–H groups in total. The van der Waals surface area contributed by atoms with E-state index < -0.39 is 0 Å². The van der Waals surface area contributed by atoms with Crippen LogP contribution in [-0.2, 0) is 10.2 Å². The fourth-order valence-corrected chi connectivity index (χ4v) is 2.52. The third kappa shape index (κ3) is 2.53. The predicted octanol–water partition coefficient (Wildman–Crippen LogP) is 2.85. The fraction of sp³-hybridized carbons (Fsp3) is 0.600. The standard InChI is InChI=1S/C15H22O2/c1-12(2)13-3-5-14(6-4-13)15(11-16)7-9-17-10-8-15/h3-6,12,16H,7-11H2,1-2H3. The van der Waals surface area contributed by atoms with Gasteiger partial charge < -0.3 is 9.84 Å². The summed E-state index contributed by atoms with van der Waals surface area (Å²) in [5, 5.41) is 9.72. The smallest absolute Gasteiger partial charge is 0.0529 e. The van der Waals surface area contributed by atoms with Crippen molar-refractivity contribution in [1.82, 2.24) is 0 Å². The Bertz CT molecular complexity index is 348. The van der Waals surface area contributed by atoms with E-state index in [2.05, 4.69) is 38.1 Å². The Balaban J connectivity index is 2.24. The van der Waals surface area contributed by atoms with E-state index in [0.29, 0.717) is 5.92 Å². The largest absolute Gasteiger partial charge is 0.395 e. The maximum atomic E-state index is 9.72. The normalized spacial score (nSPS) is 19.5. The number of aliphatic hydroxyl groups is 1. The van der Waals surface area contributed by atoms with E-state index in [1.165, 1.54) is 11.1 Å². The summed E-state index contributed by atoms with van der Waals surface area (Å²) in [4.78, 5) is 0. The summed E-state index contributed by atoms with van der Waals surface area (Å²) in [7, 11) is 0. The van der Waals surface area contributed by atoms with Crippen LogP contribution in [0.1, 0.15) is 43.7 Å². The van der Waals surface area contributed by atoms with E-state index >= 15 is 0 Å². The fourth-order valence-electron chi connectivity index (χ4n) is 2.52. The topological polar surface area (TPSA) is 29.5 Å². The Morgan fingerprint density at radius 3 is 2.24 bits per heavy atom. The molecule has 0 bridgehead atoms. The van der Waals surface area contributed by atoms with Crippen molar-refractivity contribution in [3.05, 3.63) is 35.4 Å². The molecule has 0 aromatic heterocycles. The minimum atomic E-state index is -0.0756. The maximum absolute atomic E-state index is 9.72. The van der Waals surface area contributed by atoms with Crippen LogP contribution in [0.25, 0.3) is 0 Å². The van der Waals surface area contributed by atoms with Crippen LogP contribution >= 0.6 is 0 Å². The molecular formula is C15H22O2. The molecule has 2 nitrogen and oxygen atoms in total. The molecule has 1 aromatic carbocycles. The molecule has 2 heteroatoms. The van der Waals surface area contributed by atoms with E-state index in [-0.39, 0.29) is 12.0 Å². The molecule has 0 amide bonds. The lowest BCUT2D eigenvalue weighted by Crippen LogP contribution is -2.37. The molecule has 1 heterocycles. The van der Waals surface area contributed by atoms with Gasteiger partial charge in [0.15, 0.2) is 0 Å².